The molecule has 0 saturated carbocycles. The summed E-state index contributed by atoms with van der Waals surface area (Å²) in [5.74, 6) is 1.92. The van der Waals surface area contributed by atoms with Crippen LogP contribution in [0.5, 0.6) is 0 Å². The van der Waals surface area contributed by atoms with Crippen LogP contribution < -0.4 is 5.73 Å². The molecule has 2 rings (SSSR count). The zero-order valence-electron chi connectivity index (χ0n) is 10.3. The molecule has 0 spiro atoms. The maximum Gasteiger partial charge on any atom is 0.289 e. The quantitative estimate of drug-likeness (QED) is 0.868. The van der Waals surface area contributed by atoms with Gasteiger partial charge in [0.25, 0.3) is 5.91 Å². The molecule has 4 heteroatoms. The smallest absolute Gasteiger partial charge is 0.289 e. The molecule has 0 radical (unpaired) electrons. The highest BCUT2D eigenvalue weighted by Crippen LogP contribution is 2.19. The largest absolute Gasteiger partial charge is 0.456 e. The highest BCUT2D eigenvalue weighted by atomic mass is 16.4. The predicted octanol–water partition coefficient (Wildman–Crippen LogP) is 1.65. The van der Waals surface area contributed by atoms with E-state index in [4.69, 9.17) is 10.2 Å². The molecule has 2 N–H and O–H groups in total. The molecule has 4 nitrogen and oxygen atoms in total. The van der Waals surface area contributed by atoms with Crippen LogP contribution >= 0.6 is 0 Å². The number of hydrogen-bond acceptors (Lipinski definition) is 3. The van der Waals surface area contributed by atoms with E-state index in [-0.39, 0.29) is 5.91 Å². The predicted molar refractivity (Wildman–Crippen MR) is 65.8 cm³/mol. The van der Waals surface area contributed by atoms with Gasteiger partial charge >= 0.3 is 0 Å². The van der Waals surface area contributed by atoms with Crippen LogP contribution in [0, 0.1) is 5.92 Å². The number of carbonyl (C=O) groups is 1. The minimum absolute atomic E-state index is 0.0140. The lowest BCUT2D eigenvalue weighted by molar-refractivity contribution is 0.0659. The summed E-state index contributed by atoms with van der Waals surface area (Å²) in [4.78, 5) is 14.0. The van der Waals surface area contributed by atoms with Crippen LogP contribution in [0.15, 0.2) is 16.5 Å². The fourth-order valence-electron chi connectivity index (χ4n) is 2.21. The second-order valence-electron chi connectivity index (χ2n) is 4.59. The lowest BCUT2D eigenvalue weighted by atomic mass is 9.97. The molecule has 0 atom stereocenters. The molecule has 1 amide bonds. The van der Waals surface area contributed by atoms with Crippen molar-refractivity contribution in [1.29, 1.82) is 0 Å². The van der Waals surface area contributed by atoms with Crippen LogP contribution in [-0.4, -0.2) is 30.4 Å². The molecule has 1 aromatic rings. The van der Waals surface area contributed by atoms with Crippen molar-refractivity contribution in [2.24, 2.45) is 11.7 Å². The van der Waals surface area contributed by atoms with Crippen molar-refractivity contribution in [3.05, 3.63) is 23.7 Å². The zero-order valence-corrected chi connectivity index (χ0v) is 10.3. The van der Waals surface area contributed by atoms with Gasteiger partial charge in [-0.25, -0.2) is 0 Å². The van der Waals surface area contributed by atoms with Crippen molar-refractivity contribution in [2.45, 2.75) is 26.2 Å². The summed E-state index contributed by atoms with van der Waals surface area (Å²) in [6, 6.07) is 3.65. The van der Waals surface area contributed by atoms with Crippen LogP contribution in [0.25, 0.3) is 0 Å². The topological polar surface area (TPSA) is 59.5 Å². The Morgan fingerprint density at radius 1 is 1.47 bits per heavy atom. The van der Waals surface area contributed by atoms with E-state index in [1.807, 2.05) is 17.9 Å². The van der Waals surface area contributed by atoms with E-state index in [2.05, 4.69) is 0 Å². The Morgan fingerprint density at radius 3 is 2.71 bits per heavy atom. The normalized spacial score (nSPS) is 17.4. The minimum Gasteiger partial charge on any atom is -0.456 e. The third-order valence-electron chi connectivity index (χ3n) is 3.46. The van der Waals surface area contributed by atoms with Gasteiger partial charge in [-0.05, 0) is 37.4 Å². The fourth-order valence-corrected chi connectivity index (χ4v) is 2.21. The van der Waals surface area contributed by atoms with Crippen molar-refractivity contribution >= 4 is 5.91 Å². The lowest BCUT2D eigenvalue weighted by Crippen LogP contribution is -2.39. The monoisotopic (exact) mass is 236 g/mol. The van der Waals surface area contributed by atoms with Gasteiger partial charge in [0, 0.05) is 19.5 Å². The summed E-state index contributed by atoms with van der Waals surface area (Å²) in [5.41, 5.74) is 5.64. The summed E-state index contributed by atoms with van der Waals surface area (Å²) in [6.45, 7) is 4.33. The summed E-state index contributed by atoms with van der Waals surface area (Å²) >= 11 is 0. The van der Waals surface area contributed by atoms with Crippen LogP contribution in [0.2, 0.25) is 0 Å². The van der Waals surface area contributed by atoms with Gasteiger partial charge in [0.05, 0.1) is 0 Å². The van der Waals surface area contributed by atoms with E-state index >= 15 is 0 Å². The number of furan rings is 1. The molecule has 1 fully saturated rings. The summed E-state index contributed by atoms with van der Waals surface area (Å²) in [5, 5.41) is 0. The van der Waals surface area contributed by atoms with Gasteiger partial charge in [-0.2, -0.15) is 0 Å². The maximum atomic E-state index is 12.1. The van der Waals surface area contributed by atoms with Crippen LogP contribution in [0.3, 0.4) is 0 Å². The van der Waals surface area contributed by atoms with Gasteiger partial charge in [-0.3, -0.25) is 4.79 Å². The first kappa shape index (κ1) is 12.2. The van der Waals surface area contributed by atoms with Gasteiger partial charge < -0.3 is 15.1 Å². The molecule has 0 unspecified atom stereocenters. The van der Waals surface area contributed by atoms with Crippen LogP contribution in [0.4, 0.5) is 0 Å². The SMILES string of the molecule is CCc1ccc(C(=O)N2CCC(CN)CC2)o1. The van der Waals surface area contributed by atoms with Gasteiger partial charge in [-0.1, -0.05) is 6.92 Å². The van der Waals surface area contributed by atoms with Crippen molar-refractivity contribution in [3.63, 3.8) is 0 Å². The Hall–Kier alpha value is -1.29. The van der Waals surface area contributed by atoms with E-state index < -0.39 is 0 Å². The number of rotatable bonds is 3. The van der Waals surface area contributed by atoms with E-state index in [0.29, 0.717) is 11.7 Å². The average molecular weight is 236 g/mol. The van der Waals surface area contributed by atoms with Crippen LogP contribution in [-0.2, 0) is 6.42 Å². The Balaban J connectivity index is 1.96. The third-order valence-corrected chi connectivity index (χ3v) is 3.46. The lowest BCUT2D eigenvalue weighted by Gasteiger charge is -2.30. The standard InChI is InChI=1S/C13H20N2O2/c1-2-11-3-4-12(17-11)13(16)15-7-5-10(9-14)6-8-15/h3-4,10H,2,5-9,14H2,1H3. The number of nitrogens with zero attached hydrogens (tertiary/aromatic N) is 1. The summed E-state index contributed by atoms with van der Waals surface area (Å²) < 4.78 is 5.49. The van der Waals surface area contributed by atoms with Crippen molar-refractivity contribution in [1.82, 2.24) is 4.90 Å². The van der Waals surface area contributed by atoms with Crippen molar-refractivity contribution < 1.29 is 9.21 Å². The molecule has 0 bridgehead atoms. The Morgan fingerprint density at radius 2 is 2.18 bits per heavy atom. The fraction of sp³-hybridized carbons (Fsp3) is 0.615. The molecule has 1 saturated heterocycles. The van der Waals surface area contributed by atoms with Gasteiger partial charge in [0.2, 0.25) is 0 Å². The first-order chi connectivity index (χ1) is 8.24. The van der Waals surface area contributed by atoms with Gasteiger partial charge in [0.1, 0.15) is 5.76 Å². The second-order valence-corrected chi connectivity index (χ2v) is 4.59. The number of hydrogen-bond donors (Lipinski definition) is 1. The first-order valence-corrected chi connectivity index (χ1v) is 6.32. The number of likely N-dealkylation sites (tertiary alicyclic amines) is 1. The van der Waals surface area contributed by atoms with E-state index in [1.54, 1.807) is 6.07 Å². The Bertz CT molecular complexity index is 379. The summed E-state index contributed by atoms with van der Waals surface area (Å²) in [6.07, 6.45) is 2.83. The molecule has 2 heterocycles. The molecular formula is C13H20N2O2. The van der Waals surface area contributed by atoms with Crippen molar-refractivity contribution in [3.8, 4) is 0 Å². The average Bonchev–Trinajstić information content (AvgIpc) is 2.87. The van der Waals surface area contributed by atoms with Crippen LogP contribution in [0.1, 0.15) is 36.1 Å². The van der Waals surface area contributed by atoms with Crippen molar-refractivity contribution in [2.75, 3.05) is 19.6 Å². The number of carbonyl (C=O) groups excluding carboxylic acids is 1. The minimum atomic E-state index is 0.0140. The summed E-state index contributed by atoms with van der Waals surface area (Å²) in [7, 11) is 0. The van der Waals surface area contributed by atoms with E-state index in [1.165, 1.54) is 0 Å². The maximum absolute atomic E-state index is 12.1. The molecular weight excluding hydrogens is 216 g/mol. The second kappa shape index (κ2) is 5.36. The number of piperidine rings is 1. The molecule has 1 aliphatic heterocycles. The Kier molecular flexibility index (Phi) is 3.84. The molecule has 1 aromatic heterocycles. The molecule has 0 aliphatic carbocycles. The van der Waals surface area contributed by atoms with Gasteiger partial charge in [-0.15, -0.1) is 0 Å². The highest BCUT2D eigenvalue weighted by molar-refractivity contribution is 5.91. The van der Waals surface area contributed by atoms with E-state index in [0.717, 1.165) is 44.7 Å². The number of nitrogens with two attached hydrogens (primary N) is 1. The molecule has 94 valence electrons. The third kappa shape index (κ3) is 2.69. The number of aryl methyl sites for hydroxylation is 1. The van der Waals surface area contributed by atoms with E-state index in [9.17, 15) is 4.79 Å². The number of amides is 1. The molecule has 0 aromatic carbocycles. The first-order valence-electron chi connectivity index (χ1n) is 6.32. The molecule has 1 aliphatic rings. The molecule has 17 heavy (non-hydrogen) atoms. The Labute approximate surface area is 102 Å². The van der Waals surface area contributed by atoms with Gasteiger partial charge in [0.15, 0.2) is 5.76 Å². The highest BCUT2D eigenvalue weighted by Gasteiger charge is 2.24. The zero-order chi connectivity index (χ0) is 12.3.